The minimum atomic E-state index is -0.219. The first-order valence-electron chi connectivity index (χ1n) is 12.2. The van der Waals surface area contributed by atoms with E-state index in [9.17, 15) is 14.4 Å². The Morgan fingerprint density at radius 1 is 1.19 bits per heavy atom. The number of carbonyl (C=O) groups excluding carboxylic acids is 2. The third-order valence-corrected chi connectivity index (χ3v) is 8.07. The number of anilines is 1. The molecule has 0 radical (unpaired) electrons. The molecule has 9 heteroatoms. The largest absolute Gasteiger partial charge is 0.482 e. The molecule has 0 atom stereocenters. The summed E-state index contributed by atoms with van der Waals surface area (Å²) in [5.74, 6) is 0.899. The van der Waals surface area contributed by atoms with Gasteiger partial charge in [-0.1, -0.05) is 56.8 Å². The topological polar surface area (TPSA) is 92.4 Å². The van der Waals surface area contributed by atoms with E-state index in [0.29, 0.717) is 44.8 Å². The number of H-pyrrole nitrogens is 1. The molecule has 0 unspecified atom stereocenters. The van der Waals surface area contributed by atoms with Crippen LogP contribution in [0.3, 0.4) is 0 Å². The highest BCUT2D eigenvalue weighted by molar-refractivity contribution is 7.99. The normalized spacial score (nSPS) is 13.2. The van der Waals surface area contributed by atoms with Gasteiger partial charge >= 0.3 is 0 Å². The van der Waals surface area contributed by atoms with Crippen LogP contribution in [-0.4, -0.2) is 40.6 Å². The fraction of sp³-hybridized carbons (Fsp3) is 0.286. The molecule has 37 heavy (non-hydrogen) atoms. The van der Waals surface area contributed by atoms with Crippen LogP contribution in [0.2, 0.25) is 0 Å². The van der Waals surface area contributed by atoms with Gasteiger partial charge < -0.3 is 14.6 Å². The van der Waals surface area contributed by atoms with E-state index in [4.69, 9.17) is 4.74 Å². The molecule has 0 bridgehead atoms. The van der Waals surface area contributed by atoms with Crippen LogP contribution >= 0.6 is 23.1 Å². The van der Waals surface area contributed by atoms with E-state index in [1.807, 2.05) is 24.4 Å². The molecule has 0 spiro atoms. The molecule has 0 aliphatic carbocycles. The van der Waals surface area contributed by atoms with Crippen molar-refractivity contribution in [1.82, 2.24) is 9.97 Å². The Morgan fingerprint density at radius 3 is 2.70 bits per heavy atom. The molecule has 4 aromatic rings. The number of hydrogen-bond donors (Lipinski definition) is 1. The van der Waals surface area contributed by atoms with Crippen LogP contribution in [0.4, 0.5) is 5.69 Å². The third kappa shape index (κ3) is 5.06. The van der Waals surface area contributed by atoms with Gasteiger partial charge in [0.15, 0.2) is 17.5 Å². The summed E-state index contributed by atoms with van der Waals surface area (Å²) in [5.41, 5.74) is 3.97. The lowest BCUT2D eigenvalue weighted by atomic mass is 9.99. The zero-order chi connectivity index (χ0) is 26.1. The molecule has 1 N–H and O–H groups in total. The van der Waals surface area contributed by atoms with Crippen LogP contribution in [0.1, 0.15) is 49.0 Å². The fourth-order valence-corrected chi connectivity index (χ4v) is 6.08. The number of aromatic nitrogens is 2. The molecule has 2 aromatic carbocycles. The molecular weight excluding hydrogens is 506 g/mol. The van der Waals surface area contributed by atoms with E-state index in [2.05, 4.69) is 35.9 Å². The lowest BCUT2D eigenvalue weighted by molar-refractivity contribution is -0.121. The van der Waals surface area contributed by atoms with Crippen molar-refractivity contribution in [2.45, 2.75) is 38.3 Å². The van der Waals surface area contributed by atoms with Crippen molar-refractivity contribution in [3.63, 3.8) is 0 Å². The van der Waals surface area contributed by atoms with Crippen molar-refractivity contribution in [3.8, 4) is 16.9 Å². The number of ketones is 1. The molecule has 2 aromatic heterocycles. The van der Waals surface area contributed by atoms with E-state index in [1.54, 1.807) is 23.1 Å². The van der Waals surface area contributed by atoms with Gasteiger partial charge in [0.25, 0.3) is 11.5 Å². The minimum absolute atomic E-state index is 0.00530. The Labute approximate surface area is 222 Å². The number of carbonyl (C=O) groups is 2. The number of hydrogen-bond acceptors (Lipinski definition) is 7. The summed E-state index contributed by atoms with van der Waals surface area (Å²) in [7, 11) is 0. The van der Waals surface area contributed by atoms with Gasteiger partial charge in [0.2, 0.25) is 0 Å². The van der Waals surface area contributed by atoms with Gasteiger partial charge in [0.1, 0.15) is 10.6 Å². The predicted molar refractivity (Wildman–Crippen MR) is 149 cm³/mol. The molecule has 3 heterocycles. The van der Waals surface area contributed by atoms with Gasteiger partial charge in [0, 0.05) is 23.1 Å². The second-order valence-electron chi connectivity index (χ2n) is 9.21. The van der Waals surface area contributed by atoms with Crippen molar-refractivity contribution in [1.29, 1.82) is 0 Å². The van der Waals surface area contributed by atoms with E-state index >= 15 is 0 Å². The number of amides is 1. The number of aromatic amines is 1. The predicted octanol–water partition coefficient (Wildman–Crippen LogP) is 5.89. The summed E-state index contributed by atoms with van der Waals surface area (Å²) in [4.78, 5) is 48.0. The van der Waals surface area contributed by atoms with Crippen molar-refractivity contribution in [2.24, 2.45) is 0 Å². The smallest absolute Gasteiger partial charge is 0.265 e. The molecule has 1 aliphatic rings. The Morgan fingerprint density at radius 2 is 1.97 bits per heavy atom. The van der Waals surface area contributed by atoms with Gasteiger partial charge in [-0.25, -0.2) is 4.98 Å². The van der Waals surface area contributed by atoms with Gasteiger partial charge in [-0.3, -0.25) is 14.4 Å². The first-order chi connectivity index (χ1) is 17.9. The standard InChI is InChI=1S/C28H27N3O4S2/c1-4-11-31-21-12-19(9-10-23(21)35-13-24(31)33)22(32)15-37-28-29-26(34)25-20(14-36-27(25)30-28)18-7-5-17(6-8-18)16(2)3/h5-10,12,14,16H,4,11,13,15H2,1-3H3,(H,29,30,34). The van der Waals surface area contributed by atoms with Crippen LogP contribution in [0.5, 0.6) is 5.75 Å². The molecule has 5 rings (SSSR count). The van der Waals surface area contributed by atoms with Gasteiger partial charge in [-0.05, 0) is 41.7 Å². The second-order valence-corrected chi connectivity index (χ2v) is 11.0. The Bertz CT molecular complexity index is 1540. The number of rotatable bonds is 8. The lowest BCUT2D eigenvalue weighted by Gasteiger charge is -2.29. The highest BCUT2D eigenvalue weighted by Gasteiger charge is 2.26. The van der Waals surface area contributed by atoms with E-state index in [-0.39, 0.29) is 29.6 Å². The number of nitrogens with one attached hydrogen (secondary N) is 1. The summed E-state index contributed by atoms with van der Waals surface area (Å²) in [6.45, 7) is 6.87. The molecule has 0 saturated carbocycles. The Hall–Kier alpha value is -3.43. The quantitative estimate of drug-likeness (QED) is 0.173. The zero-order valence-corrected chi connectivity index (χ0v) is 22.5. The molecule has 7 nitrogen and oxygen atoms in total. The number of Topliss-reactive ketones (excluding diaryl/α,β-unsaturated/α-hetero) is 1. The number of thiophene rings is 1. The van der Waals surface area contributed by atoms with Crippen LogP contribution in [-0.2, 0) is 4.79 Å². The van der Waals surface area contributed by atoms with Crippen LogP contribution < -0.4 is 15.2 Å². The molecule has 190 valence electrons. The first-order valence-corrected chi connectivity index (χ1v) is 14.1. The van der Waals surface area contributed by atoms with E-state index in [0.717, 1.165) is 17.5 Å². The van der Waals surface area contributed by atoms with Crippen molar-refractivity contribution >= 4 is 50.7 Å². The second kappa shape index (κ2) is 10.5. The maximum atomic E-state index is 13.0. The van der Waals surface area contributed by atoms with Gasteiger partial charge in [-0.2, -0.15) is 0 Å². The Balaban J connectivity index is 1.34. The summed E-state index contributed by atoms with van der Waals surface area (Å²) < 4.78 is 5.52. The number of ether oxygens (including phenoxy) is 1. The lowest BCUT2D eigenvalue weighted by Crippen LogP contribution is -2.39. The molecular formula is C28H27N3O4S2. The third-order valence-electron chi connectivity index (χ3n) is 6.32. The Kier molecular flexibility index (Phi) is 7.17. The SMILES string of the molecule is CCCN1C(=O)COc2ccc(C(=O)CSc3nc4scc(-c5ccc(C(C)C)cc5)c4c(=O)[nH]3)cc21. The minimum Gasteiger partial charge on any atom is -0.482 e. The monoisotopic (exact) mass is 533 g/mol. The maximum Gasteiger partial charge on any atom is 0.265 e. The maximum absolute atomic E-state index is 13.0. The van der Waals surface area contributed by atoms with Crippen molar-refractivity contribution in [3.05, 3.63) is 69.3 Å². The number of thioether (sulfide) groups is 1. The molecule has 0 saturated heterocycles. The summed E-state index contributed by atoms with van der Waals surface area (Å²) >= 11 is 2.61. The van der Waals surface area contributed by atoms with Crippen molar-refractivity contribution in [2.75, 3.05) is 23.8 Å². The average molecular weight is 534 g/mol. The number of fused-ring (bicyclic) bond motifs is 2. The van der Waals surface area contributed by atoms with Crippen LogP contribution in [0, 0.1) is 0 Å². The molecule has 1 amide bonds. The first kappa shape index (κ1) is 25.2. The summed E-state index contributed by atoms with van der Waals surface area (Å²) in [6.07, 6.45) is 0.800. The fourth-order valence-electron chi connectivity index (χ4n) is 4.32. The van der Waals surface area contributed by atoms with Crippen LogP contribution in [0.25, 0.3) is 21.3 Å². The van der Waals surface area contributed by atoms with Gasteiger partial charge in [-0.15, -0.1) is 11.3 Å². The number of nitrogens with zero attached hydrogens (tertiary/aromatic N) is 2. The highest BCUT2D eigenvalue weighted by atomic mass is 32.2. The zero-order valence-electron chi connectivity index (χ0n) is 20.9. The van der Waals surface area contributed by atoms with Crippen LogP contribution in [0.15, 0.2) is 57.8 Å². The van der Waals surface area contributed by atoms with E-state index in [1.165, 1.54) is 28.7 Å². The average Bonchev–Trinajstić information content (AvgIpc) is 3.33. The molecule has 1 aliphatic heterocycles. The van der Waals surface area contributed by atoms with Crippen molar-refractivity contribution < 1.29 is 14.3 Å². The number of benzene rings is 2. The molecule has 0 fully saturated rings. The summed E-state index contributed by atoms with van der Waals surface area (Å²) in [6, 6.07) is 13.4. The highest BCUT2D eigenvalue weighted by Crippen LogP contribution is 2.34. The van der Waals surface area contributed by atoms with E-state index < -0.39 is 0 Å². The van der Waals surface area contributed by atoms with Gasteiger partial charge in [0.05, 0.1) is 16.8 Å². The summed E-state index contributed by atoms with van der Waals surface area (Å²) in [5, 5.41) is 2.92.